The van der Waals surface area contributed by atoms with Gasteiger partial charge in [-0.1, -0.05) is 20.8 Å². The van der Waals surface area contributed by atoms with Crippen molar-refractivity contribution < 1.29 is 17.6 Å². The number of hydrogen-bond donors (Lipinski definition) is 1. The van der Waals surface area contributed by atoms with Gasteiger partial charge in [-0.2, -0.15) is 0 Å². The highest BCUT2D eigenvalue weighted by Crippen LogP contribution is 2.27. The van der Waals surface area contributed by atoms with Crippen LogP contribution in [-0.2, 0) is 20.2 Å². The number of carbonyl (C=O) groups excluding carboxylic acids is 1. The third kappa shape index (κ3) is 3.69. The maximum atomic E-state index is 12.3. The smallest absolute Gasteiger partial charge is 0.244 e. The van der Waals surface area contributed by atoms with Crippen LogP contribution >= 0.6 is 0 Å². The molecule has 2 aromatic rings. The average molecular weight is 353 g/mol. The molecule has 2 rings (SSSR count). The first kappa shape index (κ1) is 18.3. The lowest BCUT2D eigenvalue weighted by molar-refractivity contribution is -0.127. The second-order valence-corrected chi connectivity index (χ2v) is 8.97. The molecule has 0 saturated heterocycles. The van der Waals surface area contributed by atoms with E-state index in [-0.39, 0.29) is 5.41 Å². The summed E-state index contributed by atoms with van der Waals surface area (Å²) in [5.41, 5.74) is 1.24. The van der Waals surface area contributed by atoms with E-state index in [2.05, 4.69) is 9.71 Å². The first-order valence-corrected chi connectivity index (χ1v) is 9.10. The van der Waals surface area contributed by atoms with Gasteiger partial charge in [0.2, 0.25) is 21.8 Å². The predicted octanol–water partition coefficient (Wildman–Crippen LogP) is 2.34. The van der Waals surface area contributed by atoms with Gasteiger partial charge in [0.25, 0.3) is 0 Å². The van der Waals surface area contributed by atoms with Crippen LogP contribution in [0.15, 0.2) is 22.6 Å². The Hall–Kier alpha value is -2.09. The topological polar surface area (TPSA) is 92.5 Å². The predicted molar refractivity (Wildman–Crippen MR) is 93.4 cm³/mol. The number of amides is 1. The number of anilines is 1. The van der Waals surface area contributed by atoms with E-state index in [0.717, 1.165) is 0 Å². The van der Waals surface area contributed by atoms with Gasteiger partial charge in [-0.25, -0.2) is 13.4 Å². The number of nitrogens with zero attached hydrogens (tertiary/aromatic N) is 2. The van der Waals surface area contributed by atoms with Crippen LogP contribution in [0.3, 0.4) is 0 Å². The molecular formula is C16H23N3O4S. The summed E-state index contributed by atoms with van der Waals surface area (Å²) in [6.07, 6.45) is 0. The summed E-state index contributed by atoms with van der Waals surface area (Å²) in [4.78, 5) is 17.5. The van der Waals surface area contributed by atoms with Crippen LogP contribution in [0.1, 0.15) is 33.6 Å². The lowest BCUT2D eigenvalue weighted by atomic mass is 9.97. The van der Waals surface area contributed by atoms with Crippen LogP contribution in [-0.4, -0.2) is 43.6 Å². The highest BCUT2D eigenvalue weighted by Gasteiger charge is 2.29. The number of rotatable bonds is 4. The molecule has 132 valence electrons. The van der Waals surface area contributed by atoms with Gasteiger partial charge in [0.05, 0.1) is 5.69 Å². The molecule has 0 fully saturated rings. The van der Waals surface area contributed by atoms with E-state index in [0.29, 0.717) is 22.7 Å². The van der Waals surface area contributed by atoms with Gasteiger partial charge in [-0.05, 0) is 25.1 Å². The van der Waals surface area contributed by atoms with Crippen molar-refractivity contribution in [3.05, 3.63) is 24.1 Å². The van der Waals surface area contributed by atoms with Gasteiger partial charge >= 0.3 is 0 Å². The van der Waals surface area contributed by atoms with E-state index in [1.165, 1.54) is 25.9 Å². The molecule has 1 aromatic heterocycles. The molecule has 8 heteroatoms. The lowest BCUT2D eigenvalue weighted by Gasteiger charge is -2.18. The largest absolute Gasteiger partial charge is 0.440 e. The highest BCUT2D eigenvalue weighted by atomic mass is 32.2. The first-order chi connectivity index (χ1) is 10.9. The number of sulfonamides is 1. The molecule has 1 N–H and O–H groups in total. The molecular weight excluding hydrogens is 330 g/mol. The normalized spacial score (nSPS) is 13.8. The third-order valence-corrected chi connectivity index (χ3v) is 5.20. The zero-order valence-corrected chi connectivity index (χ0v) is 15.6. The van der Waals surface area contributed by atoms with Gasteiger partial charge in [0.15, 0.2) is 10.8 Å². The molecule has 0 aliphatic carbocycles. The van der Waals surface area contributed by atoms with Gasteiger partial charge < -0.3 is 9.32 Å². The zero-order valence-electron chi connectivity index (χ0n) is 14.7. The zero-order chi connectivity index (χ0) is 18.3. The summed E-state index contributed by atoms with van der Waals surface area (Å²) in [5.74, 6) is 0.0914. The number of hydrogen-bond acceptors (Lipinski definition) is 5. The van der Waals surface area contributed by atoms with Crippen molar-refractivity contribution >= 4 is 32.7 Å². The molecule has 0 radical (unpaired) electrons. The second kappa shape index (κ2) is 6.08. The van der Waals surface area contributed by atoms with Crippen molar-refractivity contribution in [1.82, 2.24) is 9.88 Å². The monoisotopic (exact) mass is 353 g/mol. The summed E-state index contributed by atoms with van der Waals surface area (Å²) in [7, 11) is -0.812. The Bertz CT molecular complexity index is 863. The quantitative estimate of drug-likeness (QED) is 0.911. The minimum absolute atomic E-state index is 0.245. The standard InChI is InChI=1S/C16H23N3O4S/c1-10(14(20)19(5)6)24(21,22)18-11-7-8-13-12(9-11)17-15(23-13)16(2,3)4/h7-10,18H,1-6H3/t10-/m0/s1. The van der Waals surface area contributed by atoms with Crippen molar-refractivity contribution in [2.24, 2.45) is 0 Å². The number of benzene rings is 1. The van der Waals surface area contributed by atoms with Crippen LogP contribution in [0.25, 0.3) is 11.1 Å². The number of fused-ring (bicyclic) bond motifs is 1. The number of nitrogens with one attached hydrogen (secondary N) is 1. The average Bonchev–Trinajstić information content (AvgIpc) is 2.88. The Labute approximate surface area is 142 Å². The minimum atomic E-state index is -3.85. The van der Waals surface area contributed by atoms with E-state index >= 15 is 0 Å². The van der Waals surface area contributed by atoms with Crippen LogP contribution in [0.5, 0.6) is 0 Å². The summed E-state index contributed by atoms with van der Waals surface area (Å²) in [6, 6.07) is 4.84. The van der Waals surface area contributed by atoms with Crippen molar-refractivity contribution in [2.45, 2.75) is 38.4 Å². The van der Waals surface area contributed by atoms with Crippen molar-refractivity contribution in [3.8, 4) is 0 Å². The molecule has 1 atom stereocenters. The first-order valence-electron chi connectivity index (χ1n) is 7.55. The number of aromatic nitrogens is 1. The maximum Gasteiger partial charge on any atom is 0.244 e. The molecule has 0 aliphatic heterocycles. The van der Waals surface area contributed by atoms with E-state index in [1.54, 1.807) is 18.2 Å². The van der Waals surface area contributed by atoms with Gasteiger partial charge in [0, 0.05) is 19.5 Å². The molecule has 7 nitrogen and oxygen atoms in total. The van der Waals surface area contributed by atoms with Gasteiger partial charge in [-0.15, -0.1) is 0 Å². The Morgan fingerprint density at radius 2 is 1.92 bits per heavy atom. The Morgan fingerprint density at radius 1 is 1.29 bits per heavy atom. The Morgan fingerprint density at radius 3 is 2.46 bits per heavy atom. The SMILES string of the molecule is C[C@@H](C(=O)N(C)C)S(=O)(=O)Nc1ccc2oc(C(C)(C)C)nc2c1. The Kier molecular flexibility index (Phi) is 4.63. The Balaban J connectivity index is 2.31. The molecule has 1 amide bonds. The second-order valence-electron chi connectivity index (χ2n) is 6.97. The molecule has 0 unspecified atom stereocenters. The minimum Gasteiger partial charge on any atom is -0.440 e. The molecule has 0 bridgehead atoms. The van der Waals surface area contributed by atoms with Crippen LogP contribution in [0.2, 0.25) is 0 Å². The van der Waals surface area contributed by atoms with E-state index in [4.69, 9.17) is 4.42 Å². The highest BCUT2D eigenvalue weighted by molar-refractivity contribution is 7.94. The van der Waals surface area contributed by atoms with Crippen LogP contribution in [0, 0.1) is 0 Å². The summed E-state index contributed by atoms with van der Waals surface area (Å²) >= 11 is 0. The van der Waals surface area contributed by atoms with E-state index in [9.17, 15) is 13.2 Å². The molecule has 0 saturated carbocycles. The maximum absolute atomic E-state index is 12.3. The molecule has 24 heavy (non-hydrogen) atoms. The van der Waals surface area contributed by atoms with Gasteiger partial charge in [0.1, 0.15) is 5.52 Å². The molecule has 0 aliphatic rings. The van der Waals surface area contributed by atoms with Crippen LogP contribution < -0.4 is 4.72 Å². The lowest BCUT2D eigenvalue weighted by Crippen LogP contribution is -2.39. The molecule has 1 heterocycles. The molecule has 0 spiro atoms. The summed E-state index contributed by atoms with van der Waals surface area (Å²) < 4.78 is 32.8. The van der Waals surface area contributed by atoms with Crippen molar-refractivity contribution in [2.75, 3.05) is 18.8 Å². The number of carbonyl (C=O) groups is 1. The number of oxazole rings is 1. The van der Waals surface area contributed by atoms with Crippen LogP contribution in [0.4, 0.5) is 5.69 Å². The summed E-state index contributed by atoms with van der Waals surface area (Å²) in [5, 5.41) is -1.19. The fraction of sp³-hybridized carbons (Fsp3) is 0.500. The van der Waals surface area contributed by atoms with Gasteiger partial charge in [-0.3, -0.25) is 9.52 Å². The molecule has 1 aromatic carbocycles. The fourth-order valence-corrected chi connectivity index (χ4v) is 3.17. The third-order valence-electron chi connectivity index (χ3n) is 3.54. The fourth-order valence-electron chi connectivity index (χ4n) is 2.06. The van der Waals surface area contributed by atoms with E-state index < -0.39 is 21.2 Å². The van der Waals surface area contributed by atoms with Crippen molar-refractivity contribution in [1.29, 1.82) is 0 Å². The van der Waals surface area contributed by atoms with Crippen molar-refractivity contribution in [3.63, 3.8) is 0 Å². The summed E-state index contributed by atoms with van der Waals surface area (Å²) in [6.45, 7) is 7.30. The van der Waals surface area contributed by atoms with E-state index in [1.807, 2.05) is 20.8 Å².